The first-order valence-corrected chi connectivity index (χ1v) is 9.00. The van der Waals surface area contributed by atoms with Gasteiger partial charge in [-0.1, -0.05) is 47.5 Å². The van der Waals surface area contributed by atoms with Gasteiger partial charge in [0.05, 0.1) is 11.4 Å². The zero-order valence-electron chi connectivity index (χ0n) is 12.9. The second-order valence-electron chi connectivity index (χ2n) is 5.16. The molecule has 1 aliphatic rings. The summed E-state index contributed by atoms with van der Waals surface area (Å²) in [5.74, 6) is 0.343. The van der Waals surface area contributed by atoms with E-state index < -0.39 is 0 Å². The monoisotopic (exact) mass is 393 g/mol. The molecule has 1 saturated heterocycles. The topological polar surface area (TPSA) is 46.6 Å². The van der Waals surface area contributed by atoms with Crippen LogP contribution in [0.1, 0.15) is 5.56 Å². The molecule has 0 aromatic heterocycles. The van der Waals surface area contributed by atoms with Crippen LogP contribution in [0.2, 0.25) is 10.0 Å². The fourth-order valence-electron chi connectivity index (χ4n) is 2.22. The third-order valence-corrected chi connectivity index (χ3v) is 4.92. The number of thioether (sulfide) groups is 1. The standard InChI is InChI=1S/C18H13Cl2NO3S/c19-13-7-6-12(15(20)11-13)10-16-17(22)21(18(23)25-16)8-9-24-14-4-2-1-3-5-14/h1-7,10-11H,8-9H2/b16-10-. The molecule has 2 aromatic rings. The zero-order valence-corrected chi connectivity index (χ0v) is 15.3. The van der Waals surface area contributed by atoms with Crippen molar-refractivity contribution in [2.75, 3.05) is 13.2 Å². The number of ether oxygens (including phenoxy) is 1. The first kappa shape index (κ1) is 17.9. The summed E-state index contributed by atoms with van der Waals surface area (Å²) in [4.78, 5) is 26.0. The van der Waals surface area contributed by atoms with Crippen LogP contribution in [0.4, 0.5) is 4.79 Å². The third kappa shape index (κ3) is 4.37. The summed E-state index contributed by atoms with van der Waals surface area (Å²) in [6.45, 7) is 0.419. The molecule has 4 nitrogen and oxygen atoms in total. The lowest BCUT2D eigenvalue weighted by atomic mass is 10.2. The van der Waals surface area contributed by atoms with Crippen LogP contribution in [0.15, 0.2) is 53.4 Å². The largest absolute Gasteiger partial charge is 0.492 e. The molecule has 1 aliphatic heterocycles. The molecule has 0 spiro atoms. The van der Waals surface area contributed by atoms with E-state index in [0.717, 1.165) is 11.8 Å². The maximum absolute atomic E-state index is 12.4. The minimum absolute atomic E-state index is 0.186. The summed E-state index contributed by atoms with van der Waals surface area (Å²) < 4.78 is 5.54. The van der Waals surface area contributed by atoms with Gasteiger partial charge in [-0.3, -0.25) is 14.5 Å². The molecule has 0 unspecified atom stereocenters. The molecular formula is C18H13Cl2NO3S. The van der Waals surface area contributed by atoms with Crippen molar-refractivity contribution in [1.82, 2.24) is 4.90 Å². The second-order valence-corrected chi connectivity index (χ2v) is 7.00. The summed E-state index contributed by atoms with van der Waals surface area (Å²) >= 11 is 12.9. The summed E-state index contributed by atoms with van der Waals surface area (Å²) in [6.07, 6.45) is 1.60. The summed E-state index contributed by atoms with van der Waals surface area (Å²) in [6, 6.07) is 14.2. The van der Waals surface area contributed by atoms with Crippen molar-refractivity contribution in [1.29, 1.82) is 0 Å². The number of imide groups is 1. The molecule has 0 atom stereocenters. The van der Waals surface area contributed by atoms with E-state index in [2.05, 4.69) is 0 Å². The zero-order chi connectivity index (χ0) is 17.8. The molecule has 0 bridgehead atoms. The van der Waals surface area contributed by atoms with Gasteiger partial charge in [0.1, 0.15) is 12.4 Å². The smallest absolute Gasteiger partial charge is 0.293 e. The second kappa shape index (κ2) is 7.95. The van der Waals surface area contributed by atoms with Crippen molar-refractivity contribution >= 4 is 52.2 Å². The number of benzene rings is 2. The molecule has 3 rings (SSSR count). The lowest BCUT2D eigenvalue weighted by molar-refractivity contribution is -0.123. The van der Waals surface area contributed by atoms with Crippen LogP contribution in [0, 0.1) is 0 Å². The maximum atomic E-state index is 12.4. The van der Waals surface area contributed by atoms with Crippen molar-refractivity contribution in [2.24, 2.45) is 0 Å². The van der Waals surface area contributed by atoms with Gasteiger partial charge in [-0.2, -0.15) is 0 Å². The Morgan fingerprint density at radius 2 is 1.84 bits per heavy atom. The van der Waals surface area contributed by atoms with E-state index in [1.807, 2.05) is 30.3 Å². The lowest BCUT2D eigenvalue weighted by Gasteiger charge is -2.13. The van der Waals surface area contributed by atoms with Gasteiger partial charge >= 0.3 is 0 Å². The van der Waals surface area contributed by atoms with Crippen molar-refractivity contribution in [3.8, 4) is 5.75 Å². The van der Waals surface area contributed by atoms with Crippen LogP contribution >= 0.6 is 35.0 Å². The van der Waals surface area contributed by atoms with Crippen LogP contribution in [0.3, 0.4) is 0 Å². The molecular weight excluding hydrogens is 381 g/mol. The van der Waals surface area contributed by atoms with Crippen LogP contribution in [0.5, 0.6) is 5.75 Å². The fourth-order valence-corrected chi connectivity index (χ4v) is 3.54. The van der Waals surface area contributed by atoms with E-state index in [0.29, 0.717) is 26.3 Å². The van der Waals surface area contributed by atoms with Gasteiger partial charge in [0, 0.05) is 10.0 Å². The predicted octanol–water partition coefficient (Wildman–Crippen LogP) is 5.11. The van der Waals surface area contributed by atoms with Crippen molar-refractivity contribution in [2.45, 2.75) is 0 Å². The van der Waals surface area contributed by atoms with Gasteiger partial charge in [0.25, 0.3) is 11.1 Å². The third-order valence-electron chi connectivity index (χ3n) is 3.45. The van der Waals surface area contributed by atoms with Gasteiger partial charge in [-0.15, -0.1) is 0 Å². The van der Waals surface area contributed by atoms with E-state index in [4.69, 9.17) is 27.9 Å². The number of para-hydroxylation sites is 1. The molecule has 7 heteroatoms. The Balaban J connectivity index is 1.66. The van der Waals surface area contributed by atoms with Crippen molar-refractivity contribution in [3.63, 3.8) is 0 Å². The minimum atomic E-state index is -0.349. The van der Waals surface area contributed by atoms with Crippen molar-refractivity contribution < 1.29 is 14.3 Å². The van der Waals surface area contributed by atoms with Crippen LogP contribution in [-0.2, 0) is 4.79 Å². The van der Waals surface area contributed by atoms with Crippen LogP contribution in [0.25, 0.3) is 6.08 Å². The number of amides is 2. The molecule has 2 amide bonds. The highest BCUT2D eigenvalue weighted by Gasteiger charge is 2.34. The molecule has 0 saturated carbocycles. The molecule has 2 aromatic carbocycles. The van der Waals surface area contributed by atoms with E-state index in [1.54, 1.807) is 24.3 Å². The van der Waals surface area contributed by atoms with Gasteiger partial charge in [-0.05, 0) is 47.7 Å². The van der Waals surface area contributed by atoms with E-state index in [1.165, 1.54) is 4.90 Å². The number of carbonyl (C=O) groups excluding carboxylic acids is 2. The average molecular weight is 394 g/mol. The Bertz CT molecular complexity index is 839. The Labute approximate surface area is 159 Å². The van der Waals surface area contributed by atoms with E-state index in [9.17, 15) is 9.59 Å². The Hall–Kier alpha value is -1.95. The van der Waals surface area contributed by atoms with Gasteiger partial charge in [0.15, 0.2) is 0 Å². The Morgan fingerprint density at radius 1 is 1.08 bits per heavy atom. The molecule has 25 heavy (non-hydrogen) atoms. The highest BCUT2D eigenvalue weighted by atomic mass is 35.5. The fraction of sp³-hybridized carbons (Fsp3) is 0.111. The number of nitrogens with zero attached hydrogens (tertiary/aromatic N) is 1. The van der Waals surface area contributed by atoms with Crippen LogP contribution in [-0.4, -0.2) is 29.2 Å². The average Bonchev–Trinajstić information content (AvgIpc) is 2.86. The number of rotatable bonds is 5. The number of hydrogen-bond acceptors (Lipinski definition) is 4. The molecule has 1 fully saturated rings. The van der Waals surface area contributed by atoms with Gasteiger partial charge < -0.3 is 4.74 Å². The van der Waals surface area contributed by atoms with Gasteiger partial charge in [-0.25, -0.2) is 0 Å². The highest BCUT2D eigenvalue weighted by Crippen LogP contribution is 2.33. The highest BCUT2D eigenvalue weighted by molar-refractivity contribution is 8.18. The molecule has 0 aliphatic carbocycles. The SMILES string of the molecule is O=C1S/C(=C\c2ccc(Cl)cc2Cl)C(=O)N1CCOc1ccccc1. The normalized spacial score (nSPS) is 15.9. The molecule has 128 valence electrons. The van der Waals surface area contributed by atoms with E-state index >= 15 is 0 Å². The first-order chi connectivity index (χ1) is 12.0. The van der Waals surface area contributed by atoms with Crippen molar-refractivity contribution in [3.05, 3.63) is 69.0 Å². The summed E-state index contributed by atoms with van der Waals surface area (Å²) in [7, 11) is 0. The Morgan fingerprint density at radius 3 is 2.56 bits per heavy atom. The quantitative estimate of drug-likeness (QED) is 0.662. The lowest BCUT2D eigenvalue weighted by Crippen LogP contribution is -2.32. The molecule has 1 heterocycles. The predicted molar refractivity (Wildman–Crippen MR) is 101 cm³/mol. The molecule has 0 N–H and O–H groups in total. The number of hydrogen-bond donors (Lipinski definition) is 0. The molecule has 0 radical (unpaired) electrons. The maximum Gasteiger partial charge on any atom is 0.293 e. The Kier molecular flexibility index (Phi) is 5.68. The number of halogens is 2. The summed E-state index contributed by atoms with van der Waals surface area (Å²) in [5, 5.41) is 0.609. The van der Waals surface area contributed by atoms with E-state index in [-0.39, 0.29) is 24.3 Å². The van der Waals surface area contributed by atoms with Gasteiger partial charge in [0.2, 0.25) is 0 Å². The number of carbonyl (C=O) groups is 2. The first-order valence-electron chi connectivity index (χ1n) is 7.43. The minimum Gasteiger partial charge on any atom is -0.492 e. The van der Waals surface area contributed by atoms with Crippen LogP contribution < -0.4 is 4.74 Å². The summed E-state index contributed by atoms with van der Waals surface area (Å²) in [5.41, 5.74) is 0.636.